The standard InChI is InChI=1S/C15H22N2O2/c1-12(2)17(11-13(3)18)8-9-19-15-6-4-14(10-16)5-7-15/h4-7,12-13,18H,8-9,11H2,1-3H3. The molecule has 1 unspecified atom stereocenters. The van der Waals surface area contributed by atoms with E-state index in [1.807, 2.05) is 0 Å². The van der Waals surface area contributed by atoms with E-state index < -0.39 is 0 Å². The molecule has 0 aliphatic heterocycles. The zero-order valence-electron chi connectivity index (χ0n) is 11.8. The zero-order valence-corrected chi connectivity index (χ0v) is 11.8. The topological polar surface area (TPSA) is 56.5 Å². The smallest absolute Gasteiger partial charge is 0.119 e. The van der Waals surface area contributed by atoms with Gasteiger partial charge >= 0.3 is 0 Å². The van der Waals surface area contributed by atoms with Crippen LogP contribution in [-0.4, -0.2) is 41.8 Å². The number of ether oxygens (including phenoxy) is 1. The summed E-state index contributed by atoms with van der Waals surface area (Å²) in [5.74, 6) is 0.764. The molecule has 0 saturated carbocycles. The van der Waals surface area contributed by atoms with Crippen molar-refractivity contribution in [1.29, 1.82) is 5.26 Å². The predicted molar refractivity (Wildman–Crippen MR) is 75.0 cm³/mol. The monoisotopic (exact) mass is 262 g/mol. The Morgan fingerprint density at radius 2 is 1.89 bits per heavy atom. The number of nitrogens with zero attached hydrogens (tertiary/aromatic N) is 2. The fourth-order valence-corrected chi connectivity index (χ4v) is 1.81. The van der Waals surface area contributed by atoms with Crippen LogP contribution in [0.5, 0.6) is 5.75 Å². The first-order valence-electron chi connectivity index (χ1n) is 6.58. The molecule has 0 heterocycles. The van der Waals surface area contributed by atoms with Crippen molar-refractivity contribution >= 4 is 0 Å². The Balaban J connectivity index is 2.40. The lowest BCUT2D eigenvalue weighted by Gasteiger charge is -2.27. The Kier molecular flexibility index (Phi) is 6.34. The Morgan fingerprint density at radius 1 is 1.26 bits per heavy atom. The minimum Gasteiger partial charge on any atom is -0.492 e. The highest BCUT2D eigenvalue weighted by atomic mass is 16.5. The van der Waals surface area contributed by atoms with Gasteiger partial charge in [0.1, 0.15) is 12.4 Å². The molecule has 0 saturated heterocycles. The summed E-state index contributed by atoms with van der Waals surface area (Å²) in [4.78, 5) is 2.17. The van der Waals surface area contributed by atoms with Crippen molar-refractivity contribution in [2.75, 3.05) is 19.7 Å². The summed E-state index contributed by atoms with van der Waals surface area (Å²) in [6, 6.07) is 9.53. The second-order valence-electron chi connectivity index (χ2n) is 4.92. The Labute approximate surface area is 115 Å². The summed E-state index contributed by atoms with van der Waals surface area (Å²) < 4.78 is 5.64. The minimum atomic E-state index is -0.336. The molecule has 4 nitrogen and oxygen atoms in total. The fraction of sp³-hybridized carbons (Fsp3) is 0.533. The van der Waals surface area contributed by atoms with Gasteiger partial charge in [-0.25, -0.2) is 0 Å². The maximum atomic E-state index is 9.43. The third-order valence-corrected chi connectivity index (χ3v) is 2.86. The molecular formula is C15H22N2O2. The molecule has 0 spiro atoms. The predicted octanol–water partition coefficient (Wildman–Crippen LogP) is 2.03. The van der Waals surface area contributed by atoms with E-state index in [9.17, 15) is 5.11 Å². The van der Waals surface area contributed by atoms with Crippen LogP contribution >= 0.6 is 0 Å². The van der Waals surface area contributed by atoms with Gasteiger partial charge in [0.25, 0.3) is 0 Å². The van der Waals surface area contributed by atoms with E-state index in [0.717, 1.165) is 12.3 Å². The third-order valence-electron chi connectivity index (χ3n) is 2.86. The number of rotatable bonds is 7. The molecule has 1 rings (SSSR count). The van der Waals surface area contributed by atoms with Crippen LogP contribution < -0.4 is 4.74 Å². The second-order valence-corrected chi connectivity index (χ2v) is 4.92. The first-order chi connectivity index (χ1) is 9.02. The van der Waals surface area contributed by atoms with Gasteiger partial charge in [-0.3, -0.25) is 4.90 Å². The zero-order chi connectivity index (χ0) is 14.3. The van der Waals surface area contributed by atoms with Crippen molar-refractivity contribution in [3.05, 3.63) is 29.8 Å². The third kappa shape index (κ3) is 5.73. The lowest BCUT2D eigenvalue weighted by atomic mass is 10.2. The van der Waals surface area contributed by atoms with Crippen LogP contribution in [-0.2, 0) is 0 Å². The summed E-state index contributed by atoms with van der Waals surface area (Å²) >= 11 is 0. The number of hydrogen-bond donors (Lipinski definition) is 1. The van der Waals surface area contributed by atoms with Gasteiger partial charge in [-0.1, -0.05) is 0 Å². The number of aliphatic hydroxyl groups is 1. The lowest BCUT2D eigenvalue weighted by Crippen LogP contribution is -2.39. The van der Waals surface area contributed by atoms with Crippen molar-refractivity contribution in [2.24, 2.45) is 0 Å². The van der Waals surface area contributed by atoms with Gasteiger partial charge in [-0.05, 0) is 45.0 Å². The number of benzene rings is 1. The normalized spacial score (nSPS) is 12.5. The Hall–Kier alpha value is -1.57. The van der Waals surface area contributed by atoms with E-state index in [1.54, 1.807) is 31.2 Å². The highest BCUT2D eigenvalue weighted by Crippen LogP contribution is 2.11. The summed E-state index contributed by atoms with van der Waals surface area (Å²) in [6.07, 6.45) is -0.336. The molecule has 1 aromatic rings. The van der Waals surface area contributed by atoms with Gasteiger partial charge in [0.2, 0.25) is 0 Å². The van der Waals surface area contributed by atoms with Crippen molar-refractivity contribution in [3.63, 3.8) is 0 Å². The van der Waals surface area contributed by atoms with Crippen molar-refractivity contribution in [2.45, 2.75) is 32.9 Å². The molecule has 0 aromatic heterocycles. The van der Waals surface area contributed by atoms with E-state index in [1.165, 1.54) is 0 Å². The van der Waals surface area contributed by atoms with Crippen LogP contribution in [0.4, 0.5) is 0 Å². The molecule has 1 N–H and O–H groups in total. The molecule has 1 atom stereocenters. The highest BCUT2D eigenvalue weighted by molar-refractivity contribution is 5.34. The van der Waals surface area contributed by atoms with Crippen LogP contribution in [0.25, 0.3) is 0 Å². The molecule has 1 aromatic carbocycles. The summed E-state index contributed by atoms with van der Waals surface area (Å²) in [7, 11) is 0. The van der Waals surface area contributed by atoms with Crippen LogP contribution in [0, 0.1) is 11.3 Å². The molecule has 0 bridgehead atoms. The van der Waals surface area contributed by atoms with Crippen LogP contribution in [0.15, 0.2) is 24.3 Å². The largest absolute Gasteiger partial charge is 0.492 e. The van der Waals surface area contributed by atoms with E-state index in [4.69, 9.17) is 10.00 Å². The van der Waals surface area contributed by atoms with Gasteiger partial charge in [0.05, 0.1) is 17.7 Å². The average Bonchev–Trinajstić information content (AvgIpc) is 2.37. The van der Waals surface area contributed by atoms with Crippen molar-refractivity contribution < 1.29 is 9.84 Å². The molecule has 19 heavy (non-hydrogen) atoms. The van der Waals surface area contributed by atoms with Gasteiger partial charge in [0, 0.05) is 19.1 Å². The molecule has 0 amide bonds. The van der Waals surface area contributed by atoms with Crippen LogP contribution in [0.3, 0.4) is 0 Å². The van der Waals surface area contributed by atoms with Gasteiger partial charge in [0.15, 0.2) is 0 Å². The minimum absolute atomic E-state index is 0.336. The van der Waals surface area contributed by atoms with Crippen molar-refractivity contribution in [3.8, 4) is 11.8 Å². The first-order valence-corrected chi connectivity index (χ1v) is 6.58. The Bertz CT molecular complexity index is 407. The number of nitriles is 1. The van der Waals surface area contributed by atoms with E-state index in [-0.39, 0.29) is 6.10 Å². The van der Waals surface area contributed by atoms with E-state index >= 15 is 0 Å². The van der Waals surface area contributed by atoms with Gasteiger partial charge in [-0.2, -0.15) is 5.26 Å². The number of aliphatic hydroxyl groups excluding tert-OH is 1. The fourth-order valence-electron chi connectivity index (χ4n) is 1.81. The quantitative estimate of drug-likeness (QED) is 0.817. The maximum absolute atomic E-state index is 9.43. The molecule has 4 heteroatoms. The molecular weight excluding hydrogens is 240 g/mol. The number of hydrogen-bond acceptors (Lipinski definition) is 4. The average molecular weight is 262 g/mol. The summed E-state index contributed by atoms with van der Waals surface area (Å²) in [5.41, 5.74) is 0.630. The molecule has 0 aliphatic rings. The van der Waals surface area contributed by atoms with Crippen molar-refractivity contribution in [1.82, 2.24) is 4.90 Å². The van der Waals surface area contributed by atoms with Crippen LogP contribution in [0.2, 0.25) is 0 Å². The molecule has 0 fully saturated rings. The van der Waals surface area contributed by atoms with Crippen LogP contribution in [0.1, 0.15) is 26.3 Å². The first kappa shape index (κ1) is 15.5. The SMILES string of the molecule is CC(O)CN(CCOc1ccc(C#N)cc1)C(C)C. The van der Waals surface area contributed by atoms with Gasteiger partial charge < -0.3 is 9.84 Å². The Morgan fingerprint density at radius 3 is 2.37 bits per heavy atom. The summed E-state index contributed by atoms with van der Waals surface area (Å²) in [5, 5.41) is 18.1. The van der Waals surface area contributed by atoms with E-state index in [0.29, 0.717) is 24.8 Å². The second kappa shape index (κ2) is 7.78. The van der Waals surface area contributed by atoms with E-state index in [2.05, 4.69) is 24.8 Å². The molecule has 104 valence electrons. The summed E-state index contributed by atoms with van der Waals surface area (Å²) in [6.45, 7) is 7.97. The lowest BCUT2D eigenvalue weighted by molar-refractivity contribution is 0.0955. The molecule has 0 radical (unpaired) electrons. The highest BCUT2D eigenvalue weighted by Gasteiger charge is 2.11. The van der Waals surface area contributed by atoms with Gasteiger partial charge in [-0.15, -0.1) is 0 Å². The maximum Gasteiger partial charge on any atom is 0.119 e. The molecule has 0 aliphatic carbocycles.